The molecule has 0 radical (unpaired) electrons. The quantitative estimate of drug-likeness (QED) is 0.650. The van der Waals surface area contributed by atoms with E-state index in [4.69, 9.17) is 0 Å². The first-order valence-corrected chi connectivity index (χ1v) is 5.85. The number of halogens is 2. The molecular weight excluding hydrogens is 241 g/mol. The zero-order chi connectivity index (χ0) is 11.2. The Hall–Kier alpha value is -1.09. The predicted molar refractivity (Wildman–Crippen MR) is 67.0 cm³/mol. The fraction of sp³-hybridized carbons (Fsp3) is 0.462. The number of fused-ring (bicyclic) bond motifs is 2. The third kappa shape index (κ3) is 1.56. The van der Waals surface area contributed by atoms with Gasteiger partial charge in [0.2, 0.25) is 0 Å². The minimum Gasteiger partial charge on any atom is -0.271 e. The maximum absolute atomic E-state index is 13.8. The van der Waals surface area contributed by atoms with E-state index in [1.807, 2.05) is 12.1 Å². The Morgan fingerprint density at radius 1 is 1.12 bits per heavy atom. The molecule has 1 aliphatic carbocycles. The molecule has 4 heteroatoms. The van der Waals surface area contributed by atoms with Crippen LogP contribution in [-0.4, -0.2) is 5.91 Å². The summed E-state index contributed by atoms with van der Waals surface area (Å²) in [5, 5.41) is 0.348. The van der Waals surface area contributed by atoms with Crippen LogP contribution >= 0.6 is 12.4 Å². The molecule has 1 spiro atoms. The first kappa shape index (κ1) is 12.4. The fourth-order valence-corrected chi connectivity index (χ4v) is 3.10. The summed E-state index contributed by atoms with van der Waals surface area (Å²) in [6, 6.07) is 7.26. The van der Waals surface area contributed by atoms with Gasteiger partial charge >= 0.3 is 0 Å². The van der Waals surface area contributed by atoms with Crippen molar-refractivity contribution in [3.63, 3.8) is 0 Å². The van der Waals surface area contributed by atoms with Gasteiger partial charge in [-0.2, -0.15) is 0 Å². The van der Waals surface area contributed by atoms with Crippen molar-refractivity contribution in [3.05, 3.63) is 29.8 Å². The van der Waals surface area contributed by atoms with Crippen LogP contribution in [0.2, 0.25) is 0 Å². The molecule has 0 aromatic heterocycles. The Morgan fingerprint density at radius 3 is 2.47 bits per heavy atom. The summed E-state index contributed by atoms with van der Waals surface area (Å²) in [7, 11) is 0. The molecule has 1 fully saturated rings. The van der Waals surface area contributed by atoms with Crippen LogP contribution in [0.5, 0.6) is 0 Å². The molecule has 0 saturated heterocycles. The highest BCUT2D eigenvalue weighted by atomic mass is 35.5. The summed E-state index contributed by atoms with van der Waals surface area (Å²) in [5.41, 5.74) is 0.792. The average molecular weight is 256 g/mol. The fourth-order valence-electron chi connectivity index (χ4n) is 3.10. The molecule has 0 bridgehead atoms. The van der Waals surface area contributed by atoms with Gasteiger partial charge in [0.25, 0.3) is 5.91 Å². The van der Waals surface area contributed by atoms with E-state index in [0.29, 0.717) is 10.8 Å². The van der Waals surface area contributed by atoms with Crippen molar-refractivity contribution in [2.45, 2.75) is 37.5 Å². The molecule has 3 rings (SSSR count). The maximum atomic E-state index is 13.8. The number of benzene rings is 1. The molecule has 92 valence electrons. The molecule has 2 aliphatic rings. The Kier molecular flexibility index (Phi) is 3.13. The summed E-state index contributed by atoms with van der Waals surface area (Å²) >= 11 is 0. The topological polar surface area (TPSA) is 20.3 Å². The van der Waals surface area contributed by atoms with E-state index in [-0.39, 0.29) is 18.3 Å². The van der Waals surface area contributed by atoms with Gasteiger partial charge in [-0.3, -0.25) is 4.79 Å². The number of hydrogen-bond acceptors (Lipinski definition) is 1. The van der Waals surface area contributed by atoms with Gasteiger partial charge in [0.15, 0.2) is 0 Å². The highest BCUT2D eigenvalue weighted by Gasteiger charge is 2.51. The largest absolute Gasteiger partial charge is 0.271 e. The first-order valence-electron chi connectivity index (χ1n) is 5.85. The molecule has 17 heavy (non-hydrogen) atoms. The van der Waals surface area contributed by atoms with Crippen molar-refractivity contribution >= 4 is 24.0 Å². The van der Waals surface area contributed by atoms with Crippen LogP contribution in [0.4, 0.5) is 10.2 Å². The standard InChI is InChI=1S/C13H14FNO.ClH/c14-15-11-7-3-2-6-10(11)13(12(15)16)8-4-1-5-9-13;/h2-3,6-7H,1,4-5,8-9H2;1H. The van der Waals surface area contributed by atoms with Crippen LogP contribution in [0.15, 0.2) is 24.3 Å². The summed E-state index contributed by atoms with van der Waals surface area (Å²) in [5.74, 6) is -0.353. The minimum atomic E-state index is -0.552. The van der Waals surface area contributed by atoms with Crippen LogP contribution in [0, 0.1) is 0 Å². The smallest absolute Gasteiger partial charge is 0.265 e. The van der Waals surface area contributed by atoms with Gasteiger partial charge in [0.05, 0.1) is 11.1 Å². The van der Waals surface area contributed by atoms with Crippen molar-refractivity contribution in [2.75, 3.05) is 5.12 Å². The molecule has 2 nitrogen and oxygen atoms in total. The Bertz CT molecular complexity index is 443. The lowest BCUT2D eigenvalue weighted by molar-refractivity contribution is -0.126. The number of rotatable bonds is 0. The van der Waals surface area contributed by atoms with Gasteiger partial charge in [-0.25, -0.2) is 0 Å². The van der Waals surface area contributed by atoms with E-state index < -0.39 is 5.41 Å². The summed E-state index contributed by atoms with van der Waals surface area (Å²) in [6.45, 7) is 0. The van der Waals surface area contributed by atoms with Crippen molar-refractivity contribution in [2.24, 2.45) is 0 Å². The van der Waals surface area contributed by atoms with E-state index in [0.717, 1.165) is 37.7 Å². The normalized spacial score (nSPS) is 21.2. The maximum Gasteiger partial charge on any atom is 0.265 e. The van der Waals surface area contributed by atoms with Gasteiger partial charge in [-0.1, -0.05) is 41.9 Å². The van der Waals surface area contributed by atoms with Crippen molar-refractivity contribution in [1.82, 2.24) is 0 Å². The molecule has 1 aliphatic heterocycles. The Labute approximate surface area is 106 Å². The number of anilines is 1. The minimum absolute atomic E-state index is 0. The molecule has 0 unspecified atom stereocenters. The van der Waals surface area contributed by atoms with Crippen molar-refractivity contribution in [1.29, 1.82) is 0 Å². The average Bonchev–Trinajstić information content (AvgIpc) is 2.55. The highest BCUT2D eigenvalue weighted by molar-refractivity contribution is 6.06. The second-order valence-electron chi connectivity index (χ2n) is 4.75. The first-order chi connectivity index (χ1) is 7.76. The zero-order valence-electron chi connectivity index (χ0n) is 9.49. The van der Waals surface area contributed by atoms with E-state index in [9.17, 15) is 9.28 Å². The van der Waals surface area contributed by atoms with E-state index in [2.05, 4.69) is 0 Å². The van der Waals surface area contributed by atoms with E-state index in [1.165, 1.54) is 0 Å². The number of amides is 1. The SMILES string of the molecule is Cl.O=C1N(F)c2ccccc2C12CCCCC2. The van der Waals surface area contributed by atoms with E-state index >= 15 is 0 Å². The van der Waals surface area contributed by atoms with Crippen LogP contribution in [0.25, 0.3) is 0 Å². The summed E-state index contributed by atoms with van der Waals surface area (Å²) < 4.78 is 13.8. The summed E-state index contributed by atoms with van der Waals surface area (Å²) in [4.78, 5) is 12.1. The van der Waals surface area contributed by atoms with Crippen LogP contribution in [0.1, 0.15) is 37.7 Å². The number of hydrogen-bond donors (Lipinski definition) is 0. The molecule has 1 heterocycles. The van der Waals surface area contributed by atoms with E-state index in [1.54, 1.807) is 12.1 Å². The van der Waals surface area contributed by atoms with Gasteiger partial charge in [0.1, 0.15) is 0 Å². The molecule has 1 amide bonds. The predicted octanol–water partition coefficient (Wildman–Crippen LogP) is 3.54. The molecular formula is C13H15ClFNO. The molecule has 1 aromatic carbocycles. The lowest BCUT2D eigenvalue weighted by atomic mass is 9.70. The van der Waals surface area contributed by atoms with Gasteiger partial charge in [-0.15, -0.1) is 17.5 Å². The van der Waals surface area contributed by atoms with Crippen LogP contribution in [0.3, 0.4) is 0 Å². The van der Waals surface area contributed by atoms with Gasteiger partial charge < -0.3 is 0 Å². The number of carbonyl (C=O) groups is 1. The van der Waals surface area contributed by atoms with Gasteiger partial charge in [0, 0.05) is 0 Å². The molecule has 1 aromatic rings. The lowest BCUT2D eigenvalue weighted by Gasteiger charge is -2.31. The third-order valence-corrected chi connectivity index (χ3v) is 3.93. The van der Waals surface area contributed by atoms with Crippen molar-refractivity contribution < 1.29 is 9.28 Å². The lowest BCUT2D eigenvalue weighted by Crippen LogP contribution is -2.38. The number of nitrogens with zero attached hydrogens (tertiary/aromatic N) is 1. The monoisotopic (exact) mass is 255 g/mol. The van der Waals surface area contributed by atoms with Crippen molar-refractivity contribution in [3.8, 4) is 0 Å². The van der Waals surface area contributed by atoms with Gasteiger partial charge in [-0.05, 0) is 24.5 Å². The Morgan fingerprint density at radius 2 is 1.76 bits per heavy atom. The number of carbonyl (C=O) groups excluding carboxylic acids is 1. The third-order valence-electron chi connectivity index (χ3n) is 3.93. The number of para-hydroxylation sites is 1. The zero-order valence-corrected chi connectivity index (χ0v) is 10.3. The molecule has 1 saturated carbocycles. The highest BCUT2D eigenvalue weighted by Crippen LogP contribution is 2.49. The second kappa shape index (κ2) is 4.30. The second-order valence-corrected chi connectivity index (χ2v) is 4.75. The molecule has 0 N–H and O–H groups in total. The summed E-state index contributed by atoms with van der Waals surface area (Å²) in [6.07, 6.45) is 4.79. The van der Waals surface area contributed by atoms with Crippen LogP contribution in [-0.2, 0) is 10.2 Å². The Balaban J connectivity index is 0.00000108. The van der Waals surface area contributed by atoms with Crippen LogP contribution < -0.4 is 5.12 Å². The molecule has 0 atom stereocenters.